The number of hydrogen-bond acceptors (Lipinski definition) is 0. The number of nitrogens with zero attached hydrogens (tertiary/aromatic N) is 2. The van der Waals surface area contributed by atoms with Crippen molar-refractivity contribution in [2.45, 2.75) is 38.5 Å². The summed E-state index contributed by atoms with van der Waals surface area (Å²) < 4.78 is 0. The molecule has 0 radical (unpaired) electrons. The van der Waals surface area contributed by atoms with Crippen LogP contribution in [-0.2, 0) is 25.8 Å². The normalized spacial score (nSPS) is 19.2. The number of rotatable bonds is 0. The Morgan fingerprint density at radius 3 is 0.800 bits per heavy atom. The fourth-order valence-electron chi connectivity index (χ4n) is 1.47. The largest absolute Gasteiger partial charge is 0.662 e. The summed E-state index contributed by atoms with van der Waals surface area (Å²) in [4.78, 5) is 0. The van der Waals surface area contributed by atoms with E-state index in [0.717, 1.165) is 26.2 Å². The Morgan fingerprint density at radius 1 is 0.467 bits per heavy atom. The second-order valence-corrected chi connectivity index (χ2v) is 3.46. The molecular weight excluding hydrogens is 486 g/mol. The minimum absolute atomic E-state index is 0. The summed E-state index contributed by atoms with van der Waals surface area (Å²) in [7, 11) is 0. The van der Waals surface area contributed by atoms with Crippen LogP contribution in [0.5, 0.6) is 0 Å². The quantitative estimate of drug-likeness (QED) is 0.438. The first kappa shape index (κ1) is 22.0. The summed E-state index contributed by atoms with van der Waals surface area (Å²) in [5.74, 6) is 0. The minimum atomic E-state index is 0. The van der Waals surface area contributed by atoms with Gasteiger partial charge < -0.3 is 10.6 Å². The first-order chi connectivity index (χ1) is 6.00. The van der Waals surface area contributed by atoms with Crippen LogP contribution in [0, 0.1) is 0 Å². The van der Waals surface area contributed by atoms with Crippen molar-refractivity contribution in [3.05, 3.63) is 10.6 Å². The van der Waals surface area contributed by atoms with Crippen LogP contribution in [0.4, 0.5) is 0 Å². The molecule has 0 unspecified atom stereocenters. The molecule has 2 nitrogen and oxygen atoms in total. The van der Waals surface area contributed by atoms with Crippen molar-refractivity contribution < 1.29 is 25.8 Å². The van der Waals surface area contributed by atoms with E-state index in [9.17, 15) is 0 Å². The van der Waals surface area contributed by atoms with E-state index in [4.69, 9.17) is 0 Å². The smallest absolute Gasteiger partial charge is 0 e. The Morgan fingerprint density at radius 2 is 0.733 bits per heavy atom. The second-order valence-electron chi connectivity index (χ2n) is 3.46. The summed E-state index contributed by atoms with van der Waals surface area (Å²) in [6, 6.07) is 0. The van der Waals surface area contributed by atoms with Crippen molar-refractivity contribution in [2.24, 2.45) is 0 Å². The van der Waals surface area contributed by atoms with Crippen LogP contribution < -0.4 is 0 Å². The maximum atomic E-state index is 4.18. The zero-order valence-electron chi connectivity index (χ0n) is 9.28. The van der Waals surface area contributed by atoms with Gasteiger partial charge in [-0.15, -0.1) is 60.1 Å². The summed E-state index contributed by atoms with van der Waals surface area (Å²) in [5.41, 5.74) is 0. The molecule has 0 aromatic heterocycles. The van der Waals surface area contributed by atoms with Crippen molar-refractivity contribution in [2.75, 3.05) is 26.2 Å². The van der Waals surface area contributed by atoms with Crippen LogP contribution in [0.1, 0.15) is 38.5 Å². The predicted octanol–water partition coefficient (Wildman–Crippen LogP) is 4.24. The van der Waals surface area contributed by atoms with Gasteiger partial charge in [-0.3, -0.25) is 0 Å². The molecule has 2 aliphatic heterocycles. The third-order valence-corrected chi connectivity index (χ3v) is 2.26. The molecule has 15 heavy (non-hydrogen) atoms. The first-order valence-electron chi connectivity index (χ1n) is 5.26. The topological polar surface area (TPSA) is 28.2 Å². The first-order valence-corrected chi connectivity index (χ1v) is 5.26. The Balaban J connectivity index is -0.000000160. The minimum Gasteiger partial charge on any atom is -0.662 e. The van der Waals surface area contributed by atoms with E-state index in [1.807, 2.05) is 0 Å². The third-order valence-electron chi connectivity index (χ3n) is 2.26. The van der Waals surface area contributed by atoms with E-state index in [-0.39, 0.29) is 59.8 Å². The molecule has 0 saturated carbocycles. The van der Waals surface area contributed by atoms with E-state index in [1.165, 1.54) is 38.5 Å². The maximum Gasteiger partial charge on any atom is 0 e. The van der Waals surface area contributed by atoms with Crippen LogP contribution in [0.15, 0.2) is 0 Å². The number of halogens is 2. The van der Waals surface area contributed by atoms with E-state index in [2.05, 4.69) is 10.6 Å². The molecule has 0 bridgehead atoms. The molecular formula is C10H22Br2HfN2-2. The number of piperidine rings is 2. The fraction of sp³-hybridized carbons (Fsp3) is 1.00. The molecule has 5 heteroatoms. The van der Waals surface area contributed by atoms with Gasteiger partial charge in [0.2, 0.25) is 0 Å². The molecule has 0 amide bonds. The average molecular weight is 509 g/mol. The van der Waals surface area contributed by atoms with Gasteiger partial charge in [0.25, 0.3) is 0 Å². The van der Waals surface area contributed by atoms with Gasteiger partial charge in [-0.25, -0.2) is 0 Å². The predicted molar refractivity (Wildman–Crippen MR) is 74.5 cm³/mol. The molecule has 0 aromatic rings. The second kappa shape index (κ2) is 18.1. The molecule has 2 heterocycles. The molecule has 0 aromatic carbocycles. The van der Waals surface area contributed by atoms with E-state index < -0.39 is 0 Å². The maximum absolute atomic E-state index is 4.18. The standard InChI is InChI=1S/2C5H10N.2BrH.Hf/c2*1-2-4-6-5-3-1;;;/h2*1-5H2;2*1H;/q2*-1;;;. The Kier molecular flexibility index (Phi) is 26.6. The summed E-state index contributed by atoms with van der Waals surface area (Å²) in [5, 5.41) is 8.35. The fourth-order valence-corrected chi connectivity index (χ4v) is 1.47. The Bertz CT molecular complexity index is 64.4. The molecule has 2 saturated heterocycles. The van der Waals surface area contributed by atoms with Gasteiger partial charge in [0.1, 0.15) is 0 Å². The third kappa shape index (κ3) is 15.8. The number of hydrogen-bond donors (Lipinski definition) is 0. The van der Waals surface area contributed by atoms with Crippen LogP contribution in [0.25, 0.3) is 10.6 Å². The van der Waals surface area contributed by atoms with Crippen LogP contribution in [0.2, 0.25) is 0 Å². The van der Waals surface area contributed by atoms with Gasteiger partial charge in [0.15, 0.2) is 0 Å². The summed E-state index contributed by atoms with van der Waals surface area (Å²) in [6.07, 6.45) is 8.15. The molecule has 2 rings (SSSR count). The van der Waals surface area contributed by atoms with E-state index >= 15 is 0 Å². The molecule has 92 valence electrons. The summed E-state index contributed by atoms with van der Waals surface area (Å²) in [6.45, 7) is 4.50. The van der Waals surface area contributed by atoms with Crippen molar-refractivity contribution in [1.82, 2.24) is 0 Å². The van der Waals surface area contributed by atoms with Gasteiger partial charge in [-0.2, -0.15) is 0 Å². The molecule has 0 N–H and O–H groups in total. The van der Waals surface area contributed by atoms with Crippen molar-refractivity contribution in [3.8, 4) is 0 Å². The van der Waals surface area contributed by atoms with Gasteiger partial charge in [-0.05, 0) is 0 Å². The monoisotopic (exact) mass is 508 g/mol. The molecule has 0 spiro atoms. The average Bonchev–Trinajstić information content (AvgIpc) is 2.24. The Labute approximate surface area is 134 Å². The van der Waals surface area contributed by atoms with Crippen LogP contribution in [-0.4, -0.2) is 26.2 Å². The molecule has 0 aliphatic carbocycles. The Hall–Kier alpha value is 1.75. The van der Waals surface area contributed by atoms with Gasteiger partial charge >= 0.3 is 0 Å². The molecule has 0 atom stereocenters. The zero-order valence-corrected chi connectivity index (χ0v) is 16.3. The SMILES string of the molecule is Br.Br.C1CC[N-]CC1.C1CC[N-]CC1.[Hf]. The van der Waals surface area contributed by atoms with E-state index in [1.54, 1.807) is 0 Å². The van der Waals surface area contributed by atoms with Gasteiger partial charge in [0, 0.05) is 25.8 Å². The van der Waals surface area contributed by atoms with Crippen molar-refractivity contribution >= 4 is 34.0 Å². The van der Waals surface area contributed by atoms with Crippen LogP contribution >= 0.6 is 34.0 Å². The van der Waals surface area contributed by atoms with Crippen LogP contribution in [0.3, 0.4) is 0 Å². The zero-order chi connectivity index (χ0) is 8.49. The molecule has 2 fully saturated rings. The van der Waals surface area contributed by atoms with Gasteiger partial charge in [0.05, 0.1) is 0 Å². The van der Waals surface area contributed by atoms with E-state index in [0.29, 0.717) is 0 Å². The van der Waals surface area contributed by atoms with Crippen molar-refractivity contribution in [1.29, 1.82) is 0 Å². The van der Waals surface area contributed by atoms with Crippen molar-refractivity contribution in [3.63, 3.8) is 0 Å². The van der Waals surface area contributed by atoms with Gasteiger partial charge in [-0.1, -0.05) is 38.5 Å². The molecule has 2 aliphatic rings. The summed E-state index contributed by atoms with van der Waals surface area (Å²) >= 11 is 0.